The van der Waals surface area contributed by atoms with Gasteiger partial charge in [0, 0.05) is 63.1 Å². The second-order valence-electron chi connectivity index (χ2n) is 9.14. The van der Waals surface area contributed by atoms with Crippen LogP contribution in [0.4, 0.5) is 5.69 Å². The number of benzene rings is 2. The predicted octanol–water partition coefficient (Wildman–Crippen LogP) is 4.68. The van der Waals surface area contributed by atoms with E-state index in [0.29, 0.717) is 12.3 Å². The second kappa shape index (κ2) is 11.0. The predicted molar refractivity (Wildman–Crippen MR) is 141 cm³/mol. The summed E-state index contributed by atoms with van der Waals surface area (Å²) in [4.78, 5) is 23.6. The Labute approximate surface area is 208 Å². The summed E-state index contributed by atoms with van der Waals surface area (Å²) in [6.45, 7) is 5.13. The Morgan fingerprint density at radius 3 is 2.09 bits per heavy atom. The minimum absolute atomic E-state index is 0. The number of nitrogens with zero attached hydrogens (tertiary/aromatic N) is 4. The van der Waals surface area contributed by atoms with Gasteiger partial charge in [-0.25, -0.2) is 0 Å². The molecule has 0 atom stereocenters. The number of carbonyl (C=O) groups is 1. The summed E-state index contributed by atoms with van der Waals surface area (Å²) in [5, 5.41) is 0. The number of anilines is 1. The van der Waals surface area contributed by atoms with Gasteiger partial charge in [-0.1, -0.05) is 48.5 Å². The lowest BCUT2D eigenvalue weighted by atomic mass is 9.93. The van der Waals surface area contributed by atoms with Crippen LogP contribution in [0.3, 0.4) is 0 Å². The Kier molecular flexibility index (Phi) is 7.86. The fourth-order valence-corrected chi connectivity index (χ4v) is 5.25. The van der Waals surface area contributed by atoms with Crippen molar-refractivity contribution in [2.75, 3.05) is 51.2 Å². The SMILES string of the molecule is CN(CCC(=O)N1CCN(c2ccncc2)CC1)CCC1c2ccccc2-c2ccccc21.Cl. The first-order chi connectivity index (χ1) is 16.2. The van der Waals surface area contributed by atoms with Crippen molar-refractivity contribution in [3.63, 3.8) is 0 Å². The average molecular weight is 477 g/mol. The number of pyridine rings is 1. The molecule has 0 spiro atoms. The molecule has 178 valence electrons. The summed E-state index contributed by atoms with van der Waals surface area (Å²) < 4.78 is 0. The third-order valence-electron chi connectivity index (χ3n) is 7.13. The van der Waals surface area contributed by atoms with Crippen LogP contribution in [-0.2, 0) is 4.79 Å². The molecule has 1 saturated heterocycles. The lowest BCUT2D eigenvalue weighted by Crippen LogP contribution is -2.49. The number of hydrogen-bond donors (Lipinski definition) is 0. The summed E-state index contributed by atoms with van der Waals surface area (Å²) >= 11 is 0. The number of hydrogen-bond acceptors (Lipinski definition) is 4. The molecule has 5 nitrogen and oxygen atoms in total. The summed E-state index contributed by atoms with van der Waals surface area (Å²) in [6, 6.07) is 21.7. The number of halogens is 1. The number of aromatic nitrogens is 1. The highest BCUT2D eigenvalue weighted by atomic mass is 35.5. The largest absolute Gasteiger partial charge is 0.368 e. The third kappa shape index (κ3) is 5.11. The van der Waals surface area contributed by atoms with E-state index < -0.39 is 0 Å². The lowest BCUT2D eigenvalue weighted by molar-refractivity contribution is -0.131. The molecule has 1 aliphatic carbocycles. The summed E-state index contributed by atoms with van der Waals surface area (Å²) in [5.41, 5.74) is 6.82. The maximum atomic E-state index is 12.8. The van der Waals surface area contributed by atoms with E-state index in [1.165, 1.54) is 27.9 Å². The lowest BCUT2D eigenvalue weighted by Gasteiger charge is -2.36. The van der Waals surface area contributed by atoms with Gasteiger partial charge in [0.2, 0.25) is 5.91 Å². The van der Waals surface area contributed by atoms with E-state index in [1.54, 1.807) is 0 Å². The molecular weight excluding hydrogens is 444 g/mol. The Morgan fingerprint density at radius 1 is 0.882 bits per heavy atom. The van der Waals surface area contributed by atoms with Gasteiger partial charge in [-0.3, -0.25) is 9.78 Å². The van der Waals surface area contributed by atoms with E-state index >= 15 is 0 Å². The zero-order chi connectivity index (χ0) is 22.6. The molecule has 1 fully saturated rings. The summed E-state index contributed by atoms with van der Waals surface area (Å²) in [7, 11) is 2.14. The van der Waals surface area contributed by atoms with Gasteiger partial charge in [-0.2, -0.15) is 0 Å². The number of amides is 1. The Bertz CT molecular complexity index is 1050. The highest BCUT2D eigenvalue weighted by Crippen LogP contribution is 2.45. The van der Waals surface area contributed by atoms with E-state index in [1.807, 2.05) is 29.4 Å². The molecule has 1 aromatic heterocycles. The van der Waals surface area contributed by atoms with Crippen molar-refractivity contribution in [2.24, 2.45) is 0 Å². The van der Waals surface area contributed by atoms with E-state index in [4.69, 9.17) is 0 Å². The van der Waals surface area contributed by atoms with E-state index in [-0.39, 0.29) is 18.3 Å². The third-order valence-corrected chi connectivity index (χ3v) is 7.13. The number of carbonyl (C=O) groups excluding carboxylic acids is 1. The normalized spacial score (nSPS) is 15.1. The molecule has 0 saturated carbocycles. The molecule has 1 aliphatic heterocycles. The zero-order valence-corrected chi connectivity index (χ0v) is 20.6. The van der Waals surface area contributed by atoms with Crippen LogP contribution < -0.4 is 4.90 Å². The minimum Gasteiger partial charge on any atom is -0.368 e. The molecule has 0 N–H and O–H groups in total. The molecule has 2 aromatic carbocycles. The van der Waals surface area contributed by atoms with E-state index in [9.17, 15) is 4.79 Å². The number of rotatable bonds is 7. The van der Waals surface area contributed by atoms with Gasteiger partial charge in [-0.05, 0) is 54.4 Å². The van der Waals surface area contributed by atoms with Crippen LogP contribution in [0.5, 0.6) is 0 Å². The summed E-state index contributed by atoms with van der Waals surface area (Å²) in [5.74, 6) is 0.713. The monoisotopic (exact) mass is 476 g/mol. The number of fused-ring (bicyclic) bond motifs is 3. The van der Waals surface area contributed by atoms with Gasteiger partial charge in [0.25, 0.3) is 0 Å². The molecule has 3 aromatic rings. The molecule has 2 aliphatic rings. The Hall–Kier alpha value is -2.89. The van der Waals surface area contributed by atoms with Crippen molar-refractivity contribution in [3.05, 3.63) is 84.2 Å². The molecule has 5 rings (SSSR count). The van der Waals surface area contributed by atoms with Crippen molar-refractivity contribution in [1.29, 1.82) is 0 Å². The van der Waals surface area contributed by atoms with Crippen LogP contribution in [-0.4, -0.2) is 67.0 Å². The molecule has 1 amide bonds. The van der Waals surface area contributed by atoms with Crippen LogP contribution in [0.25, 0.3) is 11.1 Å². The van der Waals surface area contributed by atoms with Crippen molar-refractivity contribution in [3.8, 4) is 11.1 Å². The van der Waals surface area contributed by atoms with Gasteiger partial charge < -0.3 is 14.7 Å². The quantitative estimate of drug-likeness (QED) is 0.496. The fraction of sp³-hybridized carbons (Fsp3) is 0.357. The minimum atomic E-state index is 0. The molecular formula is C28H33ClN4O. The van der Waals surface area contributed by atoms with E-state index in [0.717, 1.165) is 45.7 Å². The van der Waals surface area contributed by atoms with Crippen LogP contribution in [0.1, 0.15) is 29.9 Å². The summed E-state index contributed by atoms with van der Waals surface area (Å²) in [6.07, 6.45) is 5.31. The maximum absolute atomic E-state index is 12.8. The molecule has 0 radical (unpaired) electrons. The van der Waals surface area contributed by atoms with Crippen LogP contribution in [0, 0.1) is 0 Å². The average Bonchev–Trinajstić information content (AvgIpc) is 3.20. The Morgan fingerprint density at radius 2 is 1.47 bits per heavy atom. The van der Waals surface area contributed by atoms with Gasteiger partial charge in [0.1, 0.15) is 0 Å². The molecule has 0 unspecified atom stereocenters. The molecule has 34 heavy (non-hydrogen) atoms. The molecule has 6 heteroatoms. The van der Waals surface area contributed by atoms with Crippen molar-refractivity contribution in [2.45, 2.75) is 18.8 Å². The highest BCUT2D eigenvalue weighted by molar-refractivity contribution is 5.85. The highest BCUT2D eigenvalue weighted by Gasteiger charge is 2.28. The Balaban J connectivity index is 0.00000274. The van der Waals surface area contributed by atoms with Crippen molar-refractivity contribution in [1.82, 2.24) is 14.8 Å². The first-order valence-electron chi connectivity index (χ1n) is 12.0. The number of piperazine rings is 1. The molecule has 2 heterocycles. The fourth-order valence-electron chi connectivity index (χ4n) is 5.25. The van der Waals surface area contributed by atoms with Gasteiger partial charge in [0.15, 0.2) is 0 Å². The first-order valence-corrected chi connectivity index (χ1v) is 12.0. The first kappa shape index (κ1) is 24.2. The van der Waals surface area contributed by atoms with Gasteiger partial charge >= 0.3 is 0 Å². The smallest absolute Gasteiger partial charge is 0.223 e. The van der Waals surface area contributed by atoms with Gasteiger partial charge in [-0.15, -0.1) is 12.4 Å². The van der Waals surface area contributed by atoms with Crippen LogP contribution in [0.15, 0.2) is 73.1 Å². The maximum Gasteiger partial charge on any atom is 0.223 e. The second-order valence-corrected chi connectivity index (χ2v) is 9.14. The van der Waals surface area contributed by atoms with Gasteiger partial charge in [0.05, 0.1) is 0 Å². The van der Waals surface area contributed by atoms with Crippen molar-refractivity contribution >= 4 is 24.0 Å². The zero-order valence-electron chi connectivity index (χ0n) is 19.8. The van der Waals surface area contributed by atoms with E-state index in [2.05, 4.69) is 70.4 Å². The standard InChI is InChI=1S/C28H32N4O.ClH/c1-30(16-12-27-25-8-4-2-6-23(25)24-7-3-5-9-26(24)27)17-13-28(33)32-20-18-31(19-21-32)22-10-14-29-15-11-22;/h2-11,14-15,27H,12-13,16-21H2,1H3;1H. The van der Waals surface area contributed by atoms with Crippen LogP contribution >= 0.6 is 12.4 Å². The van der Waals surface area contributed by atoms with Crippen LogP contribution in [0.2, 0.25) is 0 Å². The van der Waals surface area contributed by atoms with Crippen molar-refractivity contribution < 1.29 is 4.79 Å². The molecule has 0 bridgehead atoms. The topological polar surface area (TPSA) is 39.7 Å².